The fraction of sp³-hybridized carbons (Fsp3) is 0.0526. The molecule has 0 spiro atoms. The molecule has 3 aromatic rings. The monoisotopic (exact) mass is 415 g/mol. The number of hydrogen-bond donors (Lipinski definition) is 1. The molecule has 0 amide bonds. The van der Waals surface area contributed by atoms with Crippen LogP contribution < -0.4 is 5.32 Å². The highest BCUT2D eigenvalue weighted by Crippen LogP contribution is 2.26. The standard InChI is InChI=1S/C19H15Br2N/c20-18-11-10-17(12-19(18)21)22-13-14-6-8-16(9-7-14)15-4-2-1-3-5-15/h1-12,22H,13H2. The minimum Gasteiger partial charge on any atom is -0.381 e. The molecule has 1 nitrogen and oxygen atoms in total. The van der Waals surface area contributed by atoms with E-state index in [0.717, 1.165) is 21.2 Å². The molecule has 3 aromatic carbocycles. The number of benzene rings is 3. The SMILES string of the molecule is Brc1ccc(NCc2ccc(-c3ccccc3)cc2)cc1Br. The van der Waals surface area contributed by atoms with E-state index in [9.17, 15) is 0 Å². The van der Waals surface area contributed by atoms with Gasteiger partial charge in [0.05, 0.1) is 0 Å². The number of halogens is 2. The molecule has 0 radical (unpaired) electrons. The third-order valence-electron chi connectivity index (χ3n) is 3.48. The molecule has 0 aliphatic carbocycles. The zero-order valence-electron chi connectivity index (χ0n) is 11.9. The predicted molar refractivity (Wildman–Crippen MR) is 101 cm³/mol. The maximum absolute atomic E-state index is 3.52. The summed E-state index contributed by atoms with van der Waals surface area (Å²) in [4.78, 5) is 0. The van der Waals surface area contributed by atoms with E-state index >= 15 is 0 Å². The number of hydrogen-bond acceptors (Lipinski definition) is 1. The van der Waals surface area contributed by atoms with Crippen LogP contribution in [0.3, 0.4) is 0 Å². The van der Waals surface area contributed by atoms with Gasteiger partial charge in [-0.05, 0) is 66.7 Å². The van der Waals surface area contributed by atoms with E-state index in [1.807, 2.05) is 12.1 Å². The molecule has 0 atom stereocenters. The summed E-state index contributed by atoms with van der Waals surface area (Å²) in [7, 11) is 0. The summed E-state index contributed by atoms with van der Waals surface area (Å²) < 4.78 is 2.11. The molecule has 0 aliphatic heterocycles. The second-order valence-corrected chi connectivity index (χ2v) is 6.75. The van der Waals surface area contributed by atoms with E-state index in [1.54, 1.807) is 0 Å². The highest BCUT2D eigenvalue weighted by molar-refractivity contribution is 9.13. The minimum absolute atomic E-state index is 0.809. The zero-order chi connectivity index (χ0) is 15.4. The van der Waals surface area contributed by atoms with E-state index in [4.69, 9.17) is 0 Å². The average molecular weight is 417 g/mol. The molecule has 0 aromatic heterocycles. The topological polar surface area (TPSA) is 12.0 Å². The lowest BCUT2D eigenvalue weighted by Gasteiger charge is -2.09. The van der Waals surface area contributed by atoms with Gasteiger partial charge in [0.15, 0.2) is 0 Å². The predicted octanol–water partition coefficient (Wildman–Crippen LogP) is 6.49. The smallest absolute Gasteiger partial charge is 0.0400 e. The highest BCUT2D eigenvalue weighted by atomic mass is 79.9. The van der Waals surface area contributed by atoms with E-state index in [1.165, 1.54) is 16.7 Å². The molecule has 22 heavy (non-hydrogen) atoms. The van der Waals surface area contributed by atoms with Crippen molar-refractivity contribution in [2.45, 2.75) is 6.54 Å². The zero-order valence-corrected chi connectivity index (χ0v) is 15.1. The third-order valence-corrected chi connectivity index (χ3v) is 5.36. The van der Waals surface area contributed by atoms with E-state index in [0.29, 0.717) is 0 Å². The molecule has 0 heterocycles. The largest absolute Gasteiger partial charge is 0.381 e. The maximum Gasteiger partial charge on any atom is 0.0400 e. The third kappa shape index (κ3) is 3.79. The van der Waals surface area contributed by atoms with Gasteiger partial charge in [0.2, 0.25) is 0 Å². The van der Waals surface area contributed by atoms with Gasteiger partial charge >= 0.3 is 0 Å². The molecule has 0 unspecified atom stereocenters. The summed E-state index contributed by atoms with van der Waals surface area (Å²) in [6, 6.07) is 25.3. The van der Waals surface area contributed by atoms with Crippen LogP contribution in [0, 0.1) is 0 Å². The summed E-state index contributed by atoms with van der Waals surface area (Å²) in [6.45, 7) is 0.809. The molecule has 0 fully saturated rings. The summed E-state index contributed by atoms with van der Waals surface area (Å²) in [5.41, 5.74) is 4.86. The van der Waals surface area contributed by atoms with Gasteiger partial charge in [0.25, 0.3) is 0 Å². The van der Waals surface area contributed by atoms with Crippen LogP contribution in [-0.4, -0.2) is 0 Å². The van der Waals surface area contributed by atoms with Gasteiger partial charge in [-0.15, -0.1) is 0 Å². The normalized spacial score (nSPS) is 10.5. The first-order valence-electron chi connectivity index (χ1n) is 7.06. The Balaban J connectivity index is 1.67. The van der Waals surface area contributed by atoms with E-state index in [-0.39, 0.29) is 0 Å². The molecule has 0 bridgehead atoms. The van der Waals surface area contributed by atoms with Gasteiger partial charge in [-0.25, -0.2) is 0 Å². The van der Waals surface area contributed by atoms with Gasteiger partial charge in [-0.2, -0.15) is 0 Å². The molecule has 0 saturated heterocycles. The highest BCUT2D eigenvalue weighted by Gasteiger charge is 2.00. The summed E-state index contributed by atoms with van der Waals surface area (Å²) in [5, 5.41) is 3.44. The van der Waals surface area contributed by atoms with Gasteiger partial charge in [0.1, 0.15) is 0 Å². The molecule has 0 aliphatic rings. The van der Waals surface area contributed by atoms with E-state index < -0.39 is 0 Å². The van der Waals surface area contributed by atoms with Gasteiger partial charge in [0, 0.05) is 21.2 Å². The second kappa shape index (κ2) is 7.12. The van der Waals surface area contributed by atoms with Crippen molar-refractivity contribution < 1.29 is 0 Å². The van der Waals surface area contributed by atoms with Crippen LogP contribution >= 0.6 is 31.9 Å². The van der Waals surface area contributed by atoms with Crippen molar-refractivity contribution in [3.63, 3.8) is 0 Å². The van der Waals surface area contributed by atoms with Crippen LogP contribution in [0.25, 0.3) is 11.1 Å². The Kier molecular flexibility index (Phi) is 4.96. The van der Waals surface area contributed by atoms with Crippen LogP contribution in [-0.2, 0) is 6.54 Å². The van der Waals surface area contributed by atoms with Crippen molar-refractivity contribution in [1.29, 1.82) is 0 Å². The van der Waals surface area contributed by atoms with Gasteiger partial charge in [-0.1, -0.05) is 54.6 Å². The van der Waals surface area contributed by atoms with Crippen LogP contribution in [0.5, 0.6) is 0 Å². The number of rotatable bonds is 4. The Labute approximate surface area is 147 Å². The lowest BCUT2D eigenvalue weighted by Crippen LogP contribution is -1.99. The fourth-order valence-corrected chi connectivity index (χ4v) is 2.88. The van der Waals surface area contributed by atoms with Gasteiger partial charge < -0.3 is 5.32 Å². The van der Waals surface area contributed by atoms with Crippen molar-refractivity contribution in [2.24, 2.45) is 0 Å². The van der Waals surface area contributed by atoms with Crippen molar-refractivity contribution in [3.8, 4) is 11.1 Å². The maximum atomic E-state index is 3.52. The molecule has 110 valence electrons. The van der Waals surface area contributed by atoms with Crippen LogP contribution in [0.4, 0.5) is 5.69 Å². The molecule has 1 N–H and O–H groups in total. The summed E-state index contributed by atoms with van der Waals surface area (Å²) in [5.74, 6) is 0. The molecule has 0 saturated carbocycles. The minimum atomic E-state index is 0.809. The summed E-state index contributed by atoms with van der Waals surface area (Å²) >= 11 is 7.00. The van der Waals surface area contributed by atoms with Crippen LogP contribution in [0.15, 0.2) is 81.7 Å². The number of anilines is 1. The average Bonchev–Trinajstić information content (AvgIpc) is 2.57. The Morgan fingerprint density at radius 1 is 0.682 bits per heavy atom. The quantitative estimate of drug-likeness (QED) is 0.512. The van der Waals surface area contributed by atoms with E-state index in [2.05, 4.69) is 97.8 Å². The molecular formula is C19H15Br2N. The second-order valence-electron chi connectivity index (χ2n) is 5.05. The molecule has 3 rings (SSSR count). The summed E-state index contributed by atoms with van der Waals surface area (Å²) in [6.07, 6.45) is 0. The van der Waals surface area contributed by atoms with Crippen molar-refractivity contribution in [2.75, 3.05) is 5.32 Å². The van der Waals surface area contributed by atoms with Crippen molar-refractivity contribution in [3.05, 3.63) is 87.3 Å². The van der Waals surface area contributed by atoms with Crippen LogP contribution in [0.2, 0.25) is 0 Å². The lowest BCUT2D eigenvalue weighted by atomic mass is 10.0. The lowest BCUT2D eigenvalue weighted by molar-refractivity contribution is 1.15. The molecular weight excluding hydrogens is 402 g/mol. The number of nitrogens with one attached hydrogen (secondary N) is 1. The van der Waals surface area contributed by atoms with Crippen molar-refractivity contribution in [1.82, 2.24) is 0 Å². The first-order valence-corrected chi connectivity index (χ1v) is 8.64. The van der Waals surface area contributed by atoms with Gasteiger partial charge in [-0.3, -0.25) is 0 Å². The Bertz CT molecular complexity index is 752. The Morgan fingerprint density at radius 3 is 2.05 bits per heavy atom. The van der Waals surface area contributed by atoms with Crippen LogP contribution in [0.1, 0.15) is 5.56 Å². The fourth-order valence-electron chi connectivity index (χ4n) is 2.26. The Morgan fingerprint density at radius 2 is 1.36 bits per heavy atom. The first-order chi connectivity index (χ1) is 10.7. The first kappa shape index (κ1) is 15.3. The van der Waals surface area contributed by atoms with Crippen molar-refractivity contribution >= 4 is 37.5 Å². The Hall–Kier alpha value is -1.58. The molecule has 3 heteroatoms.